The molecule has 1 aliphatic carbocycles. The van der Waals surface area contributed by atoms with Crippen LogP contribution < -0.4 is 16.4 Å². The summed E-state index contributed by atoms with van der Waals surface area (Å²) in [6.07, 6.45) is 4.94. The molecule has 0 saturated heterocycles. The van der Waals surface area contributed by atoms with Gasteiger partial charge in [0.25, 0.3) is 0 Å². The van der Waals surface area contributed by atoms with E-state index in [0.29, 0.717) is 12.5 Å². The zero-order valence-electron chi connectivity index (χ0n) is 9.75. The molecular formula is C11H23N3O. The number of hydrogen-bond donors (Lipinski definition) is 3. The van der Waals surface area contributed by atoms with E-state index in [4.69, 9.17) is 5.73 Å². The highest BCUT2D eigenvalue weighted by Crippen LogP contribution is 2.27. The molecule has 1 rings (SSSR count). The Hall–Kier alpha value is -0.770. The first-order chi connectivity index (χ1) is 7.13. The van der Waals surface area contributed by atoms with Gasteiger partial charge in [-0.3, -0.25) is 0 Å². The maximum absolute atomic E-state index is 11.5. The third-order valence-corrected chi connectivity index (χ3v) is 2.96. The van der Waals surface area contributed by atoms with E-state index in [9.17, 15) is 4.79 Å². The standard InChI is InChI=1S/C11H23N3O/c1-8(2)13-11(15)14-10(7-12)9-5-3-4-6-9/h8-10H,3-7,12H2,1-2H3,(H2,13,14,15). The van der Waals surface area contributed by atoms with Crippen LogP contribution in [0.2, 0.25) is 0 Å². The summed E-state index contributed by atoms with van der Waals surface area (Å²) in [5.41, 5.74) is 5.69. The second-order valence-corrected chi connectivity index (χ2v) is 4.66. The van der Waals surface area contributed by atoms with Crippen LogP contribution in [0.15, 0.2) is 0 Å². The topological polar surface area (TPSA) is 67.2 Å². The minimum Gasteiger partial charge on any atom is -0.336 e. The van der Waals surface area contributed by atoms with Gasteiger partial charge in [-0.15, -0.1) is 0 Å². The molecule has 0 bridgehead atoms. The summed E-state index contributed by atoms with van der Waals surface area (Å²) >= 11 is 0. The Balaban J connectivity index is 2.35. The van der Waals surface area contributed by atoms with Gasteiger partial charge < -0.3 is 16.4 Å². The van der Waals surface area contributed by atoms with Gasteiger partial charge in [0.05, 0.1) is 0 Å². The molecule has 0 aliphatic heterocycles. The summed E-state index contributed by atoms with van der Waals surface area (Å²) in [5, 5.41) is 5.79. The molecule has 0 spiro atoms. The Morgan fingerprint density at radius 3 is 2.40 bits per heavy atom. The number of hydrogen-bond acceptors (Lipinski definition) is 2. The van der Waals surface area contributed by atoms with Gasteiger partial charge >= 0.3 is 6.03 Å². The van der Waals surface area contributed by atoms with Crippen LogP contribution in [-0.2, 0) is 0 Å². The van der Waals surface area contributed by atoms with Crippen molar-refractivity contribution < 1.29 is 4.79 Å². The van der Waals surface area contributed by atoms with E-state index < -0.39 is 0 Å². The van der Waals surface area contributed by atoms with E-state index in [0.717, 1.165) is 0 Å². The Morgan fingerprint density at radius 2 is 1.93 bits per heavy atom. The molecule has 4 N–H and O–H groups in total. The highest BCUT2D eigenvalue weighted by Gasteiger charge is 2.25. The van der Waals surface area contributed by atoms with Crippen LogP contribution in [0.5, 0.6) is 0 Å². The minimum absolute atomic E-state index is 0.0904. The van der Waals surface area contributed by atoms with Crippen molar-refractivity contribution in [2.75, 3.05) is 6.54 Å². The zero-order chi connectivity index (χ0) is 11.3. The fourth-order valence-electron chi connectivity index (χ4n) is 2.20. The molecule has 0 radical (unpaired) electrons. The highest BCUT2D eigenvalue weighted by atomic mass is 16.2. The molecule has 1 unspecified atom stereocenters. The summed E-state index contributed by atoms with van der Waals surface area (Å²) in [5.74, 6) is 0.577. The number of carbonyl (C=O) groups excluding carboxylic acids is 1. The lowest BCUT2D eigenvalue weighted by Crippen LogP contribution is -2.50. The summed E-state index contributed by atoms with van der Waals surface area (Å²) in [7, 11) is 0. The van der Waals surface area contributed by atoms with Crippen molar-refractivity contribution in [1.82, 2.24) is 10.6 Å². The maximum Gasteiger partial charge on any atom is 0.315 e. The normalized spacial score (nSPS) is 19.2. The van der Waals surface area contributed by atoms with E-state index in [1.165, 1.54) is 25.7 Å². The van der Waals surface area contributed by atoms with Crippen LogP contribution in [0.4, 0.5) is 4.79 Å². The smallest absolute Gasteiger partial charge is 0.315 e. The number of nitrogens with two attached hydrogens (primary N) is 1. The Bertz CT molecular complexity index is 200. The molecular weight excluding hydrogens is 190 g/mol. The fourth-order valence-corrected chi connectivity index (χ4v) is 2.20. The first-order valence-corrected chi connectivity index (χ1v) is 5.90. The van der Waals surface area contributed by atoms with Crippen molar-refractivity contribution in [3.05, 3.63) is 0 Å². The number of rotatable bonds is 4. The van der Waals surface area contributed by atoms with Gasteiger partial charge in [0.15, 0.2) is 0 Å². The largest absolute Gasteiger partial charge is 0.336 e. The minimum atomic E-state index is -0.0904. The van der Waals surface area contributed by atoms with Crippen molar-refractivity contribution in [2.24, 2.45) is 11.7 Å². The van der Waals surface area contributed by atoms with Crippen LogP contribution in [0.3, 0.4) is 0 Å². The Kier molecular flexibility index (Phi) is 4.88. The van der Waals surface area contributed by atoms with Crippen LogP contribution in [0.25, 0.3) is 0 Å². The number of urea groups is 1. The molecule has 1 atom stereocenters. The van der Waals surface area contributed by atoms with Gasteiger partial charge in [-0.25, -0.2) is 4.79 Å². The molecule has 0 heterocycles. The summed E-state index contributed by atoms with van der Waals surface area (Å²) in [4.78, 5) is 11.5. The molecule has 15 heavy (non-hydrogen) atoms. The summed E-state index contributed by atoms with van der Waals surface area (Å²) in [6, 6.07) is 0.227. The van der Waals surface area contributed by atoms with Crippen molar-refractivity contribution in [3.63, 3.8) is 0 Å². The monoisotopic (exact) mass is 213 g/mol. The lowest BCUT2D eigenvalue weighted by molar-refractivity contribution is 0.229. The third-order valence-electron chi connectivity index (χ3n) is 2.96. The first kappa shape index (κ1) is 12.3. The predicted octanol–water partition coefficient (Wildman–Crippen LogP) is 1.21. The average Bonchev–Trinajstić information content (AvgIpc) is 2.65. The molecule has 2 amide bonds. The highest BCUT2D eigenvalue weighted by molar-refractivity contribution is 5.74. The molecule has 88 valence electrons. The Morgan fingerprint density at radius 1 is 1.33 bits per heavy atom. The second-order valence-electron chi connectivity index (χ2n) is 4.66. The molecule has 0 aromatic rings. The molecule has 4 nitrogen and oxygen atoms in total. The van der Waals surface area contributed by atoms with Gasteiger partial charge in [0.2, 0.25) is 0 Å². The van der Waals surface area contributed by atoms with Gasteiger partial charge in [-0.1, -0.05) is 12.8 Å². The average molecular weight is 213 g/mol. The Labute approximate surface area is 92.0 Å². The van der Waals surface area contributed by atoms with E-state index >= 15 is 0 Å². The summed E-state index contributed by atoms with van der Waals surface area (Å²) < 4.78 is 0. The third kappa shape index (κ3) is 4.08. The van der Waals surface area contributed by atoms with Crippen LogP contribution in [0.1, 0.15) is 39.5 Å². The first-order valence-electron chi connectivity index (χ1n) is 5.90. The second kappa shape index (κ2) is 5.95. The zero-order valence-corrected chi connectivity index (χ0v) is 9.75. The molecule has 4 heteroatoms. The number of carbonyl (C=O) groups is 1. The lowest BCUT2D eigenvalue weighted by atomic mass is 9.98. The predicted molar refractivity (Wildman–Crippen MR) is 61.6 cm³/mol. The van der Waals surface area contributed by atoms with Gasteiger partial charge in [0, 0.05) is 18.6 Å². The van der Waals surface area contributed by atoms with E-state index in [2.05, 4.69) is 10.6 Å². The SMILES string of the molecule is CC(C)NC(=O)NC(CN)C1CCCC1. The number of amides is 2. The lowest BCUT2D eigenvalue weighted by Gasteiger charge is -2.23. The van der Waals surface area contributed by atoms with Crippen LogP contribution in [-0.4, -0.2) is 24.7 Å². The number of nitrogens with one attached hydrogen (secondary N) is 2. The van der Waals surface area contributed by atoms with E-state index in [-0.39, 0.29) is 18.1 Å². The quantitative estimate of drug-likeness (QED) is 0.657. The molecule has 1 aliphatic rings. The van der Waals surface area contributed by atoms with Gasteiger partial charge in [-0.2, -0.15) is 0 Å². The van der Waals surface area contributed by atoms with Crippen molar-refractivity contribution in [3.8, 4) is 0 Å². The van der Waals surface area contributed by atoms with Crippen molar-refractivity contribution >= 4 is 6.03 Å². The van der Waals surface area contributed by atoms with Gasteiger partial charge in [0.1, 0.15) is 0 Å². The molecule has 1 fully saturated rings. The molecule has 0 aromatic carbocycles. The van der Waals surface area contributed by atoms with E-state index in [1.54, 1.807) is 0 Å². The maximum atomic E-state index is 11.5. The van der Waals surface area contributed by atoms with Crippen LogP contribution >= 0.6 is 0 Å². The van der Waals surface area contributed by atoms with E-state index in [1.807, 2.05) is 13.8 Å². The van der Waals surface area contributed by atoms with Gasteiger partial charge in [-0.05, 0) is 32.6 Å². The molecule has 0 aromatic heterocycles. The van der Waals surface area contributed by atoms with Crippen molar-refractivity contribution in [1.29, 1.82) is 0 Å². The van der Waals surface area contributed by atoms with Crippen molar-refractivity contribution in [2.45, 2.75) is 51.6 Å². The molecule has 1 saturated carbocycles. The van der Waals surface area contributed by atoms with Crippen LogP contribution in [0, 0.1) is 5.92 Å². The summed E-state index contributed by atoms with van der Waals surface area (Å²) in [6.45, 7) is 4.44. The fraction of sp³-hybridized carbons (Fsp3) is 0.909.